The number of fused-ring (bicyclic) bond motifs is 1. The highest BCUT2D eigenvalue weighted by Gasteiger charge is 2.22. The first-order valence-corrected chi connectivity index (χ1v) is 8.90. The zero-order chi connectivity index (χ0) is 19.1. The lowest BCUT2D eigenvalue weighted by Gasteiger charge is -2.31. The summed E-state index contributed by atoms with van der Waals surface area (Å²) < 4.78 is 33.5. The van der Waals surface area contributed by atoms with Crippen LogP contribution in [-0.2, 0) is 4.74 Å². The van der Waals surface area contributed by atoms with Crippen molar-refractivity contribution in [2.24, 2.45) is 0 Å². The Morgan fingerprint density at radius 3 is 2.67 bits per heavy atom. The lowest BCUT2D eigenvalue weighted by Crippen LogP contribution is -2.42. The summed E-state index contributed by atoms with van der Waals surface area (Å²) in [5, 5.41) is 0.647. The van der Waals surface area contributed by atoms with E-state index in [1.165, 1.54) is 12.1 Å². The zero-order valence-electron chi connectivity index (χ0n) is 15.5. The normalized spacial score (nSPS) is 17.5. The van der Waals surface area contributed by atoms with Crippen LogP contribution in [0.2, 0.25) is 0 Å². The van der Waals surface area contributed by atoms with Gasteiger partial charge in [-0.3, -0.25) is 0 Å². The highest BCUT2D eigenvalue weighted by atomic mass is 19.1. The summed E-state index contributed by atoms with van der Waals surface area (Å²) >= 11 is 0. The lowest BCUT2D eigenvalue weighted by molar-refractivity contribution is 0.0526. The van der Waals surface area contributed by atoms with Crippen LogP contribution >= 0.6 is 0 Å². The third-order valence-corrected chi connectivity index (χ3v) is 4.83. The molecule has 1 unspecified atom stereocenters. The van der Waals surface area contributed by atoms with Gasteiger partial charge in [-0.2, -0.15) is 4.98 Å². The summed E-state index contributed by atoms with van der Waals surface area (Å²) in [6.07, 6.45) is 0.0526. The van der Waals surface area contributed by atoms with Crippen LogP contribution < -0.4 is 4.90 Å². The third kappa shape index (κ3) is 3.35. The van der Waals surface area contributed by atoms with Gasteiger partial charge in [0.05, 0.1) is 18.4 Å². The van der Waals surface area contributed by atoms with Gasteiger partial charge in [0, 0.05) is 35.8 Å². The molecule has 0 spiro atoms. The summed E-state index contributed by atoms with van der Waals surface area (Å²) in [7, 11) is 0. The first-order chi connectivity index (χ1) is 12.9. The average Bonchev–Trinajstić information content (AvgIpc) is 2.62. The van der Waals surface area contributed by atoms with Gasteiger partial charge < -0.3 is 9.64 Å². The fourth-order valence-electron chi connectivity index (χ4n) is 3.26. The highest BCUT2D eigenvalue weighted by Crippen LogP contribution is 2.31. The quantitative estimate of drug-likeness (QED) is 0.687. The minimum Gasteiger partial charge on any atom is -0.375 e. The summed E-state index contributed by atoms with van der Waals surface area (Å²) in [4.78, 5) is 15.9. The Morgan fingerprint density at radius 2 is 1.93 bits per heavy atom. The van der Waals surface area contributed by atoms with Crippen molar-refractivity contribution >= 4 is 17.0 Å². The number of pyridine rings is 1. The zero-order valence-corrected chi connectivity index (χ0v) is 15.5. The molecule has 0 bridgehead atoms. The van der Waals surface area contributed by atoms with Crippen LogP contribution in [-0.4, -0.2) is 40.8 Å². The standard InChI is InChI=1S/C20H20F2N4O/c1-11-8-16-18(15-5-4-14(21)9-17(15)22)24-20(25-19(16)23-13(11)3)26-6-7-27-12(2)10-26/h4-5,8-9,12H,6-7,10H2,1-3H3. The molecule has 4 rings (SSSR count). The number of hydrogen-bond acceptors (Lipinski definition) is 5. The molecule has 0 N–H and O–H groups in total. The van der Waals surface area contributed by atoms with Gasteiger partial charge in [0.1, 0.15) is 11.6 Å². The fraction of sp³-hybridized carbons (Fsp3) is 0.350. The van der Waals surface area contributed by atoms with Gasteiger partial charge in [-0.05, 0) is 44.5 Å². The van der Waals surface area contributed by atoms with Gasteiger partial charge in [-0.15, -0.1) is 0 Å². The van der Waals surface area contributed by atoms with Gasteiger partial charge in [0.25, 0.3) is 0 Å². The van der Waals surface area contributed by atoms with Crippen molar-refractivity contribution in [2.75, 3.05) is 24.6 Å². The van der Waals surface area contributed by atoms with Crippen LogP contribution in [0, 0.1) is 25.5 Å². The van der Waals surface area contributed by atoms with Crippen molar-refractivity contribution in [1.82, 2.24) is 15.0 Å². The van der Waals surface area contributed by atoms with E-state index >= 15 is 0 Å². The number of nitrogens with zero attached hydrogens (tertiary/aromatic N) is 4. The number of benzene rings is 1. The topological polar surface area (TPSA) is 51.1 Å². The Bertz CT molecular complexity index is 1020. The Balaban J connectivity index is 1.95. The van der Waals surface area contributed by atoms with Crippen molar-refractivity contribution in [3.05, 3.63) is 47.2 Å². The average molecular weight is 370 g/mol. The van der Waals surface area contributed by atoms with Crippen LogP contribution in [0.4, 0.5) is 14.7 Å². The predicted molar refractivity (Wildman–Crippen MR) is 99.8 cm³/mol. The van der Waals surface area contributed by atoms with E-state index in [1.807, 2.05) is 31.7 Å². The van der Waals surface area contributed by atoms with Crippen molar-refractivity contribution in [2.45, 2.75) is 26.9 Å². The van der Waals surface area contributed by atoms with E-state index in [0.717, 1.165) is 17.3 Å². The molecule has 1 saturated heterocycles. The molecular weight excluding hydrogens is 350 g/mol. The number of rotatable bonds is 2. The summed E-state index contributed by atoms with van der Waals surface area (Å²) in [5.74, 6) is -0.802. The Labute approximate surface area is 156 Å². The Hall–Kier alpha value is -2.67. The number of ether oxygens (including phenoxy) is 1. The Morgan fingerprint density at radius 1 is 1.11 bits per heavy atom. The number of aryl methyl sites for hydroxylation is 2. The monoisotopic (exact) mass is 370 g/mol. The number of morpholine rings is 1. The van der Waals surface area contributed by atoms with Gasteiger partial charge >= 0.3 is 0 Å². The summed E-state index contributed by atoms with van der Waals surface area (Å²) in [5.41, 5.74) is 2.97. The van der Waals surface area contributed by atoms with Gasteiger partial charge in [-0.25, -0.2) is 18.7 Å². The molecule has 3 aromatic rings. The molecule has 5 nitrogen and oxygen atoms in total. The minimum atomic E-state index is -0.658. The molecule has 1 aliphatic heterocycles. The summed E-state index contributed by atoms with van der Waals surface area (Å²) in [6, 6.07) is 5.42. The molecule has 1 aromatic carbocycles. The maximum Gasteiger partial charge on any atom is 0.228 e. The number of anilines is 1. The van der Waals surface area contributed by atoms with Crippen molar-refractivity contribution in [3.8, 4) is 11.3 Å². The molecule has 1 atom stereocenters. The van der Waals surface area contributed by atoms with E-state index in [1.54, 1.807) is 0 Å². The van der Waals surface area contributed by atoms with Gasteiger partial charge in [0.15, 0.2) is 5.65 Å². The number of aromatic nitrogens is 3. The number of halogens is 2. The molecular formula is C20H20F2N4O. The third-order valence-electron chi connectivity index (χ3n) is 4.83. The molecule has 3 heterocycles. The predicted octanol–water partition coefficient (Wildman–Crippen LogP) is 3.81. The van der Waals surface area contributed by atoms with Crippen molar-refractivity contribution in [3.63, 3.8) is 0 Å². The molecule has 0 radical (unpaired) electrons. The lowest BCUT2D eigenvalue weighted by atomic mass is 10.1. The maximum absolute atomic E-state index is 14.5. The molecule has 7 heteroatoms. The largest absolute Gasteiger partial charge is 0.375 e. The van der Waals surface area contributed by atoms with E-state index in [2.05, 4.69) is 15.0 Å². The molecule has 0 aliphatic carbocycles. The molecule has 140 valence electrons. The van der Waals surface area contributed by atoms with Crippen molar-refractivity contribution in [1.29, 1.82) is 0 Å². The smallest absolute Gasteiger partial charge is 0.228 e. The molecule has 2 aromatic heterocycles. The summed E-state index contributed by atoms with van der Waals surface area (Å²) in [6.45, 7) is 7.69. The van der Waals surface area contributed by atoms with Crippen LogP contribution in [0.15, 0.2) is 24.3 Å². The first kappa shape index (κ1) is 17.7. The SMILES string of the molecule is Cc1cc2c(-c3ccc(F)cc3F)nc(N3CCOC(C)C3)nc2nc1C. The first-order valence-electron chi connectivity index (χ1n) is 8.90. The van der Waals surface area contributed by atoms with Gasteiger partial charge in [-0.1, -0.05) is 0 Å². The van der Waals surface area contributed by atoms with Crippen LogP contribution in [0.1, 0.15) is 18.2 Å². The molecule has 1 fully saturated rings. The molecule has 27 heavy (non-hydrogen) atoms. The molecule has 1 aliphatic rings. The second-order valence-corrected chi connectivity index (χ2v) is 6.89. The van der Waals surface area contributed by atoms with Crippen molar-refractivity contribution < 1.29 is 13.5 Å². The van der Waals surface area contributed by atoms with Gasteiger partial charge in [0.2, 0.25) is 5.95 Å². The molecule has 0 saturated carbocycles. The van der Waals surface area contributed by atoms with E-state index < -0.39 is 11.6 Å². The maximum atomic E-state index is 14.5. The van der Waals surface area contributed by atoms with E-state index in [9.17, 15) is 8.78 Å². The minimum absolute atomic E-state index is 0.0526. The van der Waals surface area contributed by atoms with E-state index in [-0.39, 0.29) is 11.7 Å². The second-order valence-electron chi connectivity index (χ2n) is 6.89. The number of hydrogen-bond donors (Lipinski definition) is 0. The Kier molecular flexibility index (Phi) is 4.47. The van der Waals surface area contributed by atoms with Crippen LogP contribution in [0.5, 0.6) is 0 Å². The fourth-order valence-corrected chi connectivity index (χ4v) is 3.26. The van der Waals surface area contributed by atoms with E-state index in [0.29, 0.717) is 42.4 Å². The second kappa shape index (κ2) is 6.81. The van der Waals surface area contributed by atoms with Crippen LogP contribution in [0.3, 0.4) is 0 Å². The van der Waals surface area contributed by atoms with E-state index in [4.69, 9.17) is 4.74 Å². The molecule has 0 amide bonds. The van der Waals surface area contributed by atoms with Crippen LogP contribution in [0.25, 0.3) is 22.3 Å². The highest BCUT2D eigenvalue weighted by molar-refractivity contribution is 5.92.